The standard InChI is InChI=1S/C36H30FN2O/c1-21(2)30-18-32(39(5)20-31(30)37)33-22(3)11-14-28-29-16-13-26(19-38)34(36(29)40-35(28)33)27-15-12-25(17-23(27)4)24-9-7-6-8-10-24/h6-18,20-21H,1-5H3/q+1/i1D3,2D3,4D3,21D. The maximum atomic E-state index is 15.5. The van der Waals surface area contributed by atoms with Crippen LogP contribution >= 0.6 is 0 Å². The Bertz CT molecular complexity index is 2340. The number of nitriles is 1. The number of furan rings is 1. The predicted molar refractivity (Wildman–Crippen MR) is 159 cm³/mol. The molecule has 2 aromatic heterocycles. The minimum absolute atomic E-state index is 0.00964. The summed E-state index contributed by atoms with van der Waals surface area (Å²) in [5.41, 5.74) is 2.96. The van der Waals surface area contributed by atoms with Gasteiger partial charge in [-0.1, -0.05) is 74.4 Å². The monoisotopic (exact) mass is 535 g/mol. The largest absolute Gasteiger partial charge is 0.454 e. The van der Waals surface area contributed by atoms with Gasteiger partial charge in [-0.05, 0) is 59.6 Å². The smallest absolute Gasteiger partial charge is 0.216 e. The van der Waals surface area contributed by atoms with Crippen LogP contribution < -0.4 is 4.57 Å². The summed E-state index contributed by atoms with van der Waals surface area (Å²) in [4.78, 5) is 0. The number of benzene rings is 4. The van der Waals surface area contributed by atoms with Crippen molar-refractivity contribution in [2.75, 3.05) is 0 Å². The van der Waals surface area contributed by atoms with Crippen molar-refractivity contribution in [3.63, 3.8) is 0 Å². The molecule has 6 rings (SSSR count). The van der Waals surface area contributed by atoms with Crippen LogP contribution in [0.5, 0.6) is 0 Å². The molecule has 0 aliphatic carbocycles. The van der Waals surface area contributed by atoms with Crippen molar-refractivity contribution in [3.05, 3.63) is 113 Å². The maximum Gasteiger partial charge on any atom is 0.216 e. The molecule has 196 valence electrons. The summed E-state index contributed by atoms with van der Waals surface area (Å²) < 4.78 is 105. The second-order valence-electron chi connectivity index (χ2n) is 9.75. The van der Waals surface area contributed by atoms with Gasteiger partial charge >= 0.3 is 0 Å². The van der Waals surface area contributed by atoms with Gasteiger partial charge in [0.25, 0.3) is 0 Å². The van der Waals surface area contributed by atoms with Crippen LogP contribution in [0.15, 0.2) is 89.5 Å². The average molecular weight is 536 g/mol. The molecule has 2 heterocycles. The normalized spacial score (nSPS) is 16.4. The zero-order chi connectivity index (χ0) is 36.6. The number of aromatic nitrogens is 1. The van der Waals surface area contributed by atoms with E-state index < -0.39 is 37.8 Å². The molecular formula is C36H30FN2O+. The van der Waals surface area contributed by atoms with Crippen LogP contribution in [0.25, 0.3) is 55.4 Å². The molecule has 0 unspecified atom stereocenters. The molecular weight excluding hydrogens is 495 g/mol. The first-order chi connectivity index (χ1) is 23.3. The predicted octanol–water partition coefficient (Wildman–Crippen LogP) is 9.16. The van der Waals surface area contributed by atoms with Gasteiger partial charge in [-0.25, -0.2) is 4.39 Å². The Morgan fingerprint density at radius 3 is 2.38 bits per heavy atom. The van der Waals surface area contributed by atoms with Crippen LogP contribution in [0.3, 0.4) is 0 Å². The van der Waals surface area contributed by atoms with E-state index in [4.69, 9.17) is 18.1 Å². The lowest BCUT2D eigenvalue weighted by Crippen LogP contribution is -2.32. The summed E-state index contributed by atoms with van der Waals surface area (Å²) in [5, 5.41) is 11.3. The number of aryl methyl sites for hydroxylation is 3. The SMILES string of the molecule is [2H]C([2H])([2H])c1cc(-c2ccccc2)ccc1-c1c(C#N)ccc2c1oc1c(-c3cc(C([2H])(C([2H])([2H])[2H])C([2H])([2H])[2H])c(F)c[n+]3C)c(C)ccc12. The number of halogens is 1. The minimum Gasteiger partial charge on any atom is -0.454 e. The zero-order valence-corrected chi connectivity index (χ0v) is 21.8. The molecule has 0 saturated heterocycles. The molecule has 3 nitrogen and oxygen atoms in total. The van der Waals surface area contributed by atoms with Crippen molar-refractivity contribution >= 4 is 21.9 Å². The minimum atomic E-state index is -3.42. The van der Waals surface area contributed by atoms with Crippen molar-refractivity contribution < 1.29 is 27.1 Å². The Balaban J connectivity index is 1.68. The number of pyridine rings is 1. The summed E-state index contributed by atoms with van der Waals surface area (Å²) in [7, 11) is 1.50. The lowest BCUT2D eigenvalue weighted by atomic mass is 9.91. The third-order valence-corrected chi connectivity index (χ3v) is 7.29. The highest BCUT2D eigenvalue weighted by Crippen LogP contribution is 2.43. The lowest BCUT2D eigenvalue weighted by molar-refractivity contribution is -0.662. The van der Waals surface area contributed by atoms with E-state index in [1.54, 1.807) is 49.4 Å². The molecule has 0 N–H and O–H groups in total. The molecule has 0 aliphatic rings. The van der Waals surface area contributed by atoms with Gasteiger partial charge in [0.05, 0.1) is 17.2 Å². The molecule has 0 radical (unpaired) electrons. The van der Waals surface area contributed by atoms with Gasteiger partial charge in [0.1, 0.15) is 18.2 Å². The Kier molecular flexibility index (Phi) is 4.00. The first-order valence-electron chi connectivity index (χ1n) is 17.6. The van der Waals surface area contributed by atoms with Crippen LogP contribution in [0, 0.1) is 30.9 Å². The highest BCUT2D eigenvalue weighted by molar-refractivity contribution is 6.14. The first kappa shape index (κ1) is 16.4. The highest BCUT2D eigenvalue weighted by Gasteiger charge is 2.25. The van der Waals surface area contributed by atoms with Gasteiger partial charge in [0.15, 0.2) is 5.82 Å². The Hall–Kier alpha value is -4.75. The van der Waals surface area contributed by atoms with Crippen LogP contribution in [-0.2, 0) is 7.05 Å². The fourth-order valence-corrected chi connectivity index (χ4v) is 5.31. The van der Waals surface area contributed by atoms with Crippen molar-refractivity contribution in [1.82, 2.24) is 0 Å². The third-order valence-electron chi connectivity index (χ3n) is 7.29. The van der Waals surface area contributed by atoms with E-state index in [0.29, 0.717) is 27.5 Å². The highest BCUT2D eigenvalue weighted by atomic mass is 19.1. The zero-order valence-electron chi connectivity index (χ0n) is 31.8. The third kappa shape index (κ3) is 4.06. The fraction of sp³-hybridized carbons (Fsp3) is 0.167. The van der Waals surface area contributed by atoms with E-state index in [1.165, 1.54) is 11.6 Å². The Morgan fingerprint density at radius 1 is 0.900 bits per heavy atom. The molecule has 0 spiro atoms. The Labute approximate surface area is 247 Å². The second-order valence-corrected chi connectivity index (χ2v) is 9.75. The molecule has 0 atom stereocenters. The molecule has 4 aromatic carbocycles. The second kappa shape index (κ2) is 9.77. The van der Waals surface area contributed by atoms with Crippen molar-refractivity contribution in [3.8, 4) is 39.6 Å². The van der Waals surface area contributed by atoms with E-state index in [9.17, 15) is 5.26 Å². The average Bonchev–Trinajstić information content (AvgIpc) is 3.41. The molecule has 0 aliphatic heterocycles. The van der Waals surface area contributed by atoms with Gasteiger partial charge in [-0.3, -0.25) is 0 Å². The van der Waals surface area contributed by atoms with Gasteiger partial charge in [0.2, 0.25) is 11.9 Å². The summed E-state index contributed by atoms with van der Waals surface area (Å²) >= 11 is 0. The summed E-state index contributed by atoms with van der Waals surface area (Å²) in [6.45, 7) is -7.68. The van der Waals surface area contributed by atoms with Gasteiger partial charge in [-0.15, -0.1) is 0 Å². The maximum absolute atomic E-state index is 15.5. The molecule has 6 aromatic rings. The number of fused-ring (bicyclic) bond motifs is 3. The first-order valence-corrected chi connectivity index (χ1v) is 12.6. The molecule has 0 fully saturated rings. The van der Waals surface area contributed by atoms with Crippen LogP contribution in [0.4, 0.5) is 4.39 Å². The summed E-state index contributed by atoms with van der Waals surface area (Å²) in [6.07, 6.45) is 0.933. The van der Waals surface area contributed by atoms with Crippen molar-refractivity contribution in [2.45, 2.75) is 33.4 Å². The number of rotatable bonds is 4. The number of hydrogen-bond acceptors (Lipinski definition) is 2. The van der Waals surface area contributed by atoms with E-state index in [0.717, 1.165) is 17.8 Å². The summed E-state index contributed by atoms with van der Waals surface area (Å²) in [5.74, 6) is -4.47. The fourth-order valence-electron chi connectivity index (χ4n) is 5.31. The number of hydrogen-bond donors (Lipinski definition) is 0. The number of nitrogens with zero attached hydrogens (tertiary/aromatic N) is 2. The van der Waals surface area contributed by atoms with Gasteiger partial charge in [-0.2, -0.15) is 9.83 Å². The van der Waals surface area contributed by atoms with Gasteiger partial charge in [0, 0.05) is 41.7 Å². The Morgan fingerprint density at radius 2 is 1.65 bits per heavy atom. The molecule has 0 bridgehead atoms. The van der Waals surface area contributed by atoms with Crippen LogP contribution in [0.2, 0.25) is 0 Å². The van der Waals surface area contributed by atoms with Crippen molar-refractivity contribution in [2.24, 2.45) is 7.05 Å². The van der Waals surface area contributed by atoms with E-state index in [1.807, 2.05) is 30.3 Å². The summed E-state index contributed by atoms with van der Waals surface area (Å²) in [6, 6.07) is 24.3. The quantitative estimate of drug-likeness (QED) is 0.211. The van der Waals surface area contributed by atoms with E-state index in [2.05, 4.69) is 6.07 Å². The van der Waals surface area contributed by atoms with Crippen molar-refractivity contribution in [1.29, 1.82) is 5.26 Å². The molecule has 0 saturated carbocycles. The lowest BCUT2D eigenvalue weighted by Gasteiger charge is -2.11. The van der Waals surface area contributed by atoms with E-state index >= 15 is 4.39 Å². The molecule has 40 heavy (non-hydrogen) atoms. The van der Waals surface area contributed by atoms with Gasteiger partial charge < -0.3 is 4.42 Å². The molecule has 4 heteroatoms. The van der Waals surface area contributed by atoms with Crippen LogP contribution in [0.1, 0.15) is 55.6 Å². The topological polar surface area (TPSA) is 40.8 Å². The van der Waals surface area contributed by atoms with Crippen LogP contribution in [-0.4, -0.2) is 0 Å². The van der Waals surface area contributed by atoms with E-state index in [-0.39, 0.29) is 39.1 Å². The molecule has 0 amide bonds.